The van der Waals surface area contributed by atoms with Crippen LogP contribution in [0.2, 0.25) is 0 Å². The van der Waals surface area contributed by atoms with E-state index in [9.17, 15) is 17.6 Å². The molecule has 0 aromatic heterocycles. The van der Waals surface area contributed by atoms with E-state index in [-0.39, 0.29) is 18.9 Å². The number of anilines is 2. The van der Waals surface area contributed by atoms with Gasteiger partial charge in [0.05, 0.1) is 11.9 Å². The normalized spacial score (nSPS) is 11.1. The van der Waals surface area contributed by atoms with Gasteiger partial charge in [0.2, 0.25) is 15.9 Å². The van der Waals surface area contributed by atoms with Crippen molar-refractivity contribution in [2.75, 3.05) is 42.6 Å². The molecule has 2 rings (SSSR count). The zero-order valence-corrected chi connectivity index (χ0v) is 16.5. The fourth-order valence-corrected chi connectivity index (χ4v) is 3.40. The molecule has 1 amide bonds. The Labute approximate surface area is 159 Å². The van der Waals surface area contributed by atoms with Crippen LogP contribution < -0.4 is 14.5 Å². The number of hydrogen-bond donors (Lipinski definition) is 1. The van der Waals surface area contributed by atoms with Crippen LogP contribution in [0.3, 0.4) is 0 Å². The molecule has 0 heterocycles. The van der Waals surface area contributed by atoms with E-state index in [1.807, 2.05) is 19.0 Å². The van der Waals surface area contributed by atoms with Crippen molar-refractivity contribution >= 4 is 27.3 Å². The summed E-state index contributed by atoms with van der Waals surface area (Å²) < 4.78 is 38.9. The minimum atomic E-state index is -3.63. The molecule has 1 N–H and O–H groups in total. The summed E-state index contributed by atoms with van der Waals surface area (Å²) in [6.07, 6.45) is 1.38. The van der Waals surface area contributed by atoms with Crippen molar-refractivity contribution in [1.82, 2.24) is 5.32 Å². The van der Waals surface area contributed by atoms with E-state index >= 15 is 0 Å². The number of nitrogens with one attached hydrogen (secondary N) is 1. The van der Waals surface area contributed by atoms with Gasteiger partial charge in [0.1, 0.15) is 12.4 Å². The molecule has 0 aliphatic rings. The van der Waals surface area contributed by atoms with Gasteiger partial charge in [-0.05, 0) is 42.3 Å². The van der Waals surface area contributed by atoms with Crippen molar-refractivity contribution in [1.29, 1.82) is 0 Å². The minimum absolute atomic E-state index is 0.219. The van der Waals surface area contributed by atoms with Gasteiger partial charge in [0.25, 0.3) is 0 Å². The van der Waals surface area contributed by atoms with Crippen LogP contribution >= 0.6 is 0 Å². The van der Waals surface area contributed by atoms with Crippen molar-refractivity contribution in [3.63, 3.8) is 0 Å². The topological polar surface area (TPSA) is 69.7 Å². The number of amides is 1. The number of rotatable bonds is 8. The summed E-state index contributed by atoms with van der Waals surface area (Å²) in [5.41, 5.74) is 1.82. The lowest BCUT2D eigenvalue weighted by Gasteiger charge is -2.23. The number of carbonyl (C=O) groups is 1. The third-order valence-electron chi connectivity index (χ3n) is 4.02. The smallest absolute Gasteiger partial charge is 0.240 e. The lowest BCUT2D eigenvalue weighted by atomic mass is 10.1. The second-order valence-electron chi connectivity index (χ2n) is 6.37. The SMILES string of the molecule is CN(C)c1ccc(N(CC(=O)NCCc2ccccc2F)S(C)(=O)=O)cc1. The van der Waals surface area contributed by atoms with Gasteiger partial charge in [-0.25, -0.2) is 12.8 Å². The molecule has 0 saturated carbocycles. The maximum Gasteiger partial charge on any atom is 0.240 e. The predicted octanol–water partition coefficient (Wildman–Crippen LogP) is 2.02. The van der Waals surface area contributed by atoms with Crippen molar-refractivity contribution in [3.8, 4) is 0 Å². The van der Waals surface area contributed by atoms with Crippen LogP contribution in [-0.2, 0) is 21.2 Å². The molecule has 27 heavy (non-hydrogen) atoms. The summed E-state index contributed by atoms with van der Waals surface area (Å²) >= 11 is 0. The minimum Gasteiger partial charge on any atom is -0.378 e. The molecule has 0 aliphatic carbocycles. The fourth-order valence-electron chi connectivity index (χ4n) is 2.54. The fraction of sp³-hybridized carbons (Fsp3) is 0.316. The molecule has 8 heteroatoms. The first-order valence-electron chi connectivity index (χ1n) is 8.43. The van der Waals surface area contributed by atoms with Crippen LogP contribution in [0.25, 0.3) is 0 Å². The number of carbonyl (C=O) groups excluding carboxylic acids is 1. The van der Waals surface area contributed by atoms with Gasteiger partial charge in [0, 0.05) is 26.3 Å². The Balaban J connectivity index is 2.01. The van der Waals surface area contributed by atoms with E-state index in [2.05, 4.69) is 5.32 Å². The predicted molar refractivity (Wildman–Crippen MR) is 106 cm³/mol. The van der Waals surface area contributed by atoms with Gasteiger partial charge in [-0.15, -0.1) is 0 Å². The molecule has 0 bridgehead atoms. The number of halogens is 1. The summed E-state index contributed by atoms with van der Waals surface area (Å²) in [4.78, 5) is 14.1. The number of hydrogen-bond acceptors (Lipinski definition) is 4. The molecule has 0 spiro atoms. The second kappa shape index (κ2) is 8.85. The van der Waals surface area contributed by atoms with Crippen molar-refractivity contribution in [2.45, 2.75) is 6.42 Å². The number of nitrogens with zero attached hydrogens (tertiary/aromatic N) is 2. The van der Waals surface area contributed by atoms with Crippen LogP contribution in [0.5, 0.6) is 0 Å². The van der Waals surface area contributed by atoms with Crippen molar-refractivity contribution in [2.24, 2.45) is 0 Å². The largest absolute Gasteiger partial charge is 0.378 e. The lowest BCUT2D eigenvalue weighted by molar-refractivity contribution is -0.119. The highest BCUT2D eigenvalue weighted by Crippen LogP contribution is 2.21. The summed E-state index contributed by atoms with van der Waals surface area (Å²) in [6.45, 7) is -0.117. The molecule has 0 fully saturated rings. The van der Waals surface area contributed by atoms with Crippen LogP contribution in [0.1, 0.15) is 5.56 Å². The van der Waals surface area contributed by atoms with E-state index in [1.54, 1.807) is 42.5 Å². The Morgan fingerprint density at radius 3 is 2.19 bits per heavy atom. The highest BCUT2D eigenvalue weighted by atomic mass is 32.2. The molecule has 0 radical (unpaired) electrons. The summed E-state index contributed by atoms with van der Waals surface area (Å²) in [5, 5.41) is 2.64. The lowest BCUT2D eigenvalue weighted by Crippen LogP contribution is -2.41. The number of sulfonamides is 1. The standard InChI is InChI=1S/C19H24FN3O3S/c1-22(2)16-8-10-17(11-9-16)23(27(3,25)26)14-19(24)21-13-12-15-6-4-5-7-18(15)20/h4-11H,12-14H2,1-3H3,(H,21,24). The molecule has 0 aliphatic heterocycles. The molecule has 2 aromatic carbocycles. The molecular weight excluding hydrogens is 369 g/mol. The zero-order valence-electron chi connectivity index (χ0n) is 15.6. The van der Waals surface area contributed by atoms with E-state index < -0.39 is 15.9 Å². The summed E-state index contributed by atoms with van der Waals surface area (Å²) in [5.74, 6) is -0.779. The second-order valence-corrected chi connectivity index (χ2v) is 8.28. The highest BCUT2D eigenvalue weighted by molar-refractivity contribution is 7.92. The Morgan fingerprint density at radius 1 is 1.04 bits per heavy atom. The van der Waals surface area contributed by atoms with Crippen molar-refractivity contribution in [3.05, 3.63) is 59.9 Å². The highest BCUT2D eigenvalue weighted by Gasteiger charge is 2.20. The summed E-state index contributed by atoms with van der Waals surface area (Å²) in [7, 11) is 0.131. The van der Waals surface area contributed by atoms with Gasteiger partial charge in [-0.3, -0.25) is 9.10 Å². The van der Waals surface area contributed by atoms with Crippen LogP contribution in [-0.4, -0.2) is 47.8 Å². The maximum absolute atomic E-state index is 13.6. The van der Waals surface area contributed by atoms with Crippen LogP contribution in [0, 0.1) is 5.82 Å². The molecule has 0 saturated heterocycles. The van der Waals surface area contributed by atoms with Gasteiger partial charge in [-0.1, -0.05) is 18.2 Å². The van der Waals surface area contributed by atoms with E-state index in [4.69, 9.17) is 0 Å². The van der Waals surface area contributed by atoms with Gasteiger partial charge in [-0.2, -0.15) is 0 Å². The Morgan fingerprint density at radius 2 is 1.63 bits per heavy atom. The van der Waals surface area contributed by atoms with E-state index in [1.165, 1.54) is 6.07 Å². The van der Waals surface area contributed by atoms with Gasteiger partial charge >= 0.3 is 0 Å². The first-order valence-corrected chi connectivity index (χ1v) is 10.3. The average molecular weight is 393 g/mol. The van der Waals surface area contributed by atoms with E-state index in [0.717, 1.165) is 16.2 Å². The quantitative estimate of drug-likeness (QED) is 0.745. The Hall–Kier alpha value is -2.61. The third kappa shape index (κ3) is 5.96. The van der Waals surface area contributed by atoms with E-state index in [0.29, 0.717) is 17.7 Å². The average Bonchev–Trinajstić information content (AvgIpc) is 2.60. The Bertz CT molecular complexity index is 883. The molecule has 6 nitrogen and oxygen atoms in total. The van der Waals surface area contributed by atoms with Crippen LogP contribution in [0.15, 0.2) is 48.5 Å². The Kier molecular flexibility index (Phi) is 6.79. The maximum atomic E-state index is 13.6. The summed E-state index contributed by atoms with van der Waals surface area (Å²) in [6, 6.07) is 13.2. The number of benzene rings is 2. The molecule has 2 aromatic rings. The third-order valence-corrected chi connectivity index (χ3v) is 5.16. The van der Waals surface area contributed by atoms with Crippen molar-refractivity contribution < 1.29 is 17.6 Å². The first kappa shape index (κ1) is 20.7. The first-order chi connectivity index (χ1) is 12.7. The molecule has 146 valence electrons. The van der Waals surface area contributed by atoms with Crippen LogP contribution in [0.4, 0.5) is 15.8 Å². The molecule has 0 atom stereocenters. The van der Waals surface area contributed by atoms with Gasteiger partial charge in [0.15, 0.2) is 0 Å². The molecule has 0 unspecified atom stereocenters. The van der Waals surface area contributed by atoms with Gasteiger partial charge < -0.3 is 10.2 Å². The molecular formula is C19H24FN3O3S. The monoisotopic (exact) mass is 393 g/mol. The zero-order chi connectivity index (χ0) is 20.0.